The molecular formula is C13H10N2O3. The summed E-state index contributed by atoms with van der Waals surface area (Å²) in [5.41, 5.74) is 1.24. The fourth-order valence-electron chi connectivity index (χ4n) is 2.33. The van der Waals surface area contributed by atoms with E-state index in [9.17, 15) is 14.4 Å². The van der Waals surface area contributed by atoms with Gasteiger partial charge in [-0.3, -0.25) is 19.3 Å². The molecule has 2 aliphatic heterocycles. The van der Waals surface area contributed by atoms with Crippen molar-refractivity contribution >= 4 is 17.7 Å². The zero-order chi connectivity index (χ0) is 12.9. The average Bonchev–Trinajstić information content (AvgIpc) is 2.79. The van der Waals surface area contributed by atoms with Gasteiger partial charge in [0, 0.05) is 12.1 Å². The maximum absolute atomic E-state index is 12.1. The van der Waals surface area contributed by atoms with Crippen LogP contribution < -0.4 is 5.32 Å². The highest BCUT2D eigenvalue weighted by atomic mass is 16.2. The van der Waals surface area contributed by atoms with Crippen LogP contribution in [0.2, 0.25) is 0 Å². The molecule has 1 aromatic carbocycles. The van der Waals surface area contributed by atoms with E-state index in [2.05, 4.69) is 11.9 Å². The molecule has 1 fully saturated rings. The molecule has 5 heteroatoms. The molecule has 18 heavy (non-hydrogen) atoms. The van der Waals surface area contributed by atoms with Gasteiger partial charge < -0.3 is 5.32 Å². The van der Waals surface area contributed by atoms with Crippen LogP contribution in [-0.2, 0) is 4.79 Å². The summed E-state index contributed by atoms with van der Waals surface area (Å²) in [6.45, 7) is 3.64. The molecule has 2 heterocycles. The fraction of sp³-hybridized carbons (Fsp3) is 0.154. The van der Waals surface area contributed by atoms with Gasteiger partial charge in [0.25, 0.3) is 11.8 Å². The number of nitrogens with one attached hydrogen (secondary N) is 1. The number of amides is 3. The average molecular weight is 242 g/mol. The van der Waals surface area contributed by atoms with Gasteiger partial charge >= 0.3 is 0 Å². The number of hydrogen-bond acceptors (Lipinski definition) is 3. The zero-order valence-corrected chi connectivity index (χ0v) is 9.47. The Morgan fingerprint density at radius 3 is 2.11 bits per heavy atom. The summed E-state index contributed by atoms with van der Waals surface area (Å²) in [5, 5.41) is 2.53. The lowest BCUT2D eigenvalue weighted by molar-refractivity contribution is -0.122. The number of carbonyl (C=O) groups is 3. The normalized spacial score (nSPS) is 22.4. The lowest BCUT2D eigenvalue weighted by Crippen LogP contribution is -2.44. The molecule has 0 aliphatic carbocycles. The van der Waals surface area contributed by atoms with Gasteiger partial charge in [0.15, 0.2) is 0 Å². The summed E-state index contributed by atoms with van der Waals surface area (Å²) < 4.78 is 0. The molecule has 90 valence electrons. The third-order valence-corrected chi connectivity index (χ3v) is 3.18. The Morgan fingerprint density at radius 2 is 1.67 bits per heavy atom. The van der Waals surface area contributed by atoms with Gasteiger partial charge in [0.1, 0.15) is 6.04 Å². The maximum atomic E-state index is 12.1. The van der Waals surface area contributed by atoms with Gasteiger partial charge in [-0.2, -0.15) is 0 Å². The second-order valence-corrected chi connectivity index (χ2v) is 4.34. The maximum Gasteiger partial charge on any atom is 0.262 e. The van der Waals surface area contributed by atoms with Crippen molar-refractivity contribution in [1.29, 1.82) is 0 Å². The molecule has 0 aromatic heterocycles. The van der Waals surface area contributed by atoms with E-state index in [1.807, 2.05) is 0 Å². The third kappa shape index (κ3) is 1.30. The van der Waals surface area contributed by atoms with Crippen molar-refractivity contribution in [2.45, 2.75) is 12.5 Å². The van der Waals surface area contributed by atoms with Gasteiger partial charge in [-0.25, -0.2) is 0 Å². The molecule has 3 amide bonds. The Labute approximate surface area is 103 Å². The van der Waals surface area contributed by atoms with Crippen molar-refractivity contribution in [3.63, 3.8) is 0 Å². The summed E-state index contributed by atoms with van der Waals surface area (Å²) in [6.07, 6.45) is 0.282. The van der Waals surface area contributed by atoms with Crippen LogP contribution in [0.15, 0.2) is 36.5 Å². The molecule has 3 rings (SSSR count). The molecule has 5 nitrogen and oxygen atoms in total. The van der Waals surface area contributed by atoms with Crippen molar-refractivity contribution in [3.8, 4) is 0 Å². The van der Waals surface area contributed by atoms with Gasteiger partial charge in [-0.15, -0.1) is 0 Å². The van der Waals surface area contributed by atoms with Crippen LogP contribution in [0.5, 0.6) is 0 Å². The molecule has 2 aliphatic rings. The molecular weight excluding hydrogens is 232 g/mol. The largest absolute Gasteiger partial charge is 0.328 e. The Morgan fingerprint density at radius 1 is 1.11 bits per heavy atom. The van der Waals surface area contributed by atoms with Crippen LogP contribution in [-0.4, -0.2) is 28.7 Å². The number of rotatable bonds is 1. The van der Waals surface area contributed by atoms with E-state index >= 15 is 0 Å². The predicted molar refractivity (Wildman–Crippen MR) is 62.6 cm³/mol. The Hall–Kier alpha value is -2.43. The first-order valence-corrected chi connectivity index (χ1v) is 5.55. The minimum absolute atomic E-state index is 0.282. The van der Waals surface area contributed by atoms with E-state index in [4.69, 9.17) is 0 Å². The molecule has 0 spiro atoms. The molecule has 1 aromatic rings. The van der Waals surface area contributed by atoms with E-state index in [0.29, 0.717) is 16.8 Å². The molecule has 1 unspecified atom stereocenters. The number of fused-ring (bicyclic) bond motifs is 1. The number of benzene rings is 1. The Bertz CT molecular complexity index is 571. The Kier molecular flexibility index (Phi) is 2.10. The number of carbonyl (C=O) groups excluding carboxylic acids is 3. The van der Waals surface area contributed by atoms with E-state index in [1.165, 1.54) is 0 Å². The highest BCUT2D eigenvalue weighted by molar-refractivity contribution is 6.23. The van der Waals surface area contributed by atoms with Gasteiger partial charge in [0.05, 0.1) is 11.1 Å². The number of nitrogens with zero attached hydrogens (tertiary/aromatic N) is 1. The molecule has 0 bridgehead atoms. The highest BCUT2D eigenvalue weighted by Crippen LogP contribution is 2.28. The minimum atomic E-state index is -0.773. The monoisotopic (exact) mass is 242 g/mol. The molecule has 1 saturated heterocycles. The smallest absolute Gasteiger partial charge is 0.262 e. The second kappa shape index (κ2) is 3.53. The van der Waals surface area contributed by atoms with E-state index in [0.717, 1.165) is 4.90 Å². The second-order valence-electron chi connectivity index (χ2n) is 4.34. The summed E-state index contributed by atoms with van der Waals surface area (Å²) in [6, 6.07) is 5.81. The van der Waals surface area contributed by atoms with Crippen LogP contribution in [0.3, 0.4) is 0 Å². The lowest BCUT2D eigenvalue weighted by atomic mass is 10.1. The van der Waals surface area contributed by atoms with Crippen LogP contribution in [0.4, 0.5) is 0 Å². The lowest BCUT2D eigenvalue weighted by Gasteiger charge is -2.18. The van der Waals surface area contributed by atoms with Crippen LogP contribution in [0.1, 0.15) is 27.1 Å². The van der Waals surface area contributed by atoms with Crippen LogP contribution in [0.25, 0.3) is 0 Å². The first-order valence-electron chi connectivity index (χ1n) is 5.55. The van der Waals surface area contributed by atoms with Crippen LogP contribution in [0, 0.1) is 0 Å². The van der Waals surface area contributed by atoms with Gasteiger partial charge in [-0.1, -0.05) is 18.7 Å². The number of imide groups is 1. The molecule has 0 radical (unpaired) electrons. The van der Waals surface area contributed by atoms with E-state index in [-0.39, 0.29) is 12.3 Å². The molecule has 0 saturated carbocycles. The first kappa shape index (κ1) is 10.7. The summed E-state index contributed by atoms with van der Waals surface area (Å²) in [7, 11) is 0. The van der Waals surface area contributed by atoms with Crippen molar-refractivity contribution in [2.24, 2.45) is 0 Å². The Balaban J connectivity index is 2.02. The summed E-state index contributed by atoms with van der Waals surface area (Å²) in [5.74, 6) is -1.18. The molecule has 1 atom stereocenters. The standard InChI is InChI=1S/C13H10N2O3/c1-7-6-10(11(16)14-7)15-12(17)8-4-2-3-5-9(8)13(15)18/h2-5,10H,1,6H2,(H,14,16). The van der Waals surface area contributed by atoms with Crippen molar-refractivity contribution in [3.05, 3.63) is 47.7 Å². The topological polar surface area (TPSA) is 66.5 Å². The van der Waals surface area contributed by atoms with E-state index < -0.39 is 17.9 Å². The molecule has 1 N–H and O–H groups in total. The minimum Gasteiger partial charge on any atom is -0.328 e. The van der Waals surface area contributed by atoms with Gasteiger partial charge in [-0.05, 0) is 12.1 Å². The highest BCUT2D eigenvalue weighted by Gasteiger charge is 2.44. The van der Waals surface area contributed by atoms with Gasteiger partial charge in [0.2, 0.25) is 5.91 Å². The predicted octanol–water partition coefficient (Wildman–Crippen LogP) is 0.685. The summed E-state index contributed by atoms with van der Waals surface area (Å²) >= 11 is 0. The van der Waals surface area contributed by atoms with Crippen molar-refractivity contribution in [2.75, 3.05) is 0 Å². The first-order chi connectivity index (χ1) is 8.59. The quantitative estimate of drug-likeness (QED) is 0.736. The zero-order valence-electron chi connectivity index (χ0n) is 9.47. The van der Waals surface area contributed by atoms with Crippen LogP contribution >= 0.6 is 0 Å². The number of hydrogen-bond donors (Lipinski definition) is 1. The van der Waals surface area contributed by atoms with Crippen molar-refractivity contribution in [1.82, 2.24) is 10.2 Å². The third-order valence-electron chi connectivity index (χ3n) is 3.18. The fourth-order valence-corrected chi connectivity index (χ4v) is 2.33. The van der Waals surface area contributed by atoms with E-state index in [1.54, 1.807) is 24.3 Å². The summed E-state index contributed by atoms with van der Waals surface area (Å²) in [4.78, 5) is 37.0. The SMILES string of the molecule is C=C1CC(N2C(=O)c3ccccc3C2=O)C(=O)N1. The van der Waals surface area contributed by atoms with Crippen molar-refractivity contribution < 1.29 is 14.4 Å².